The minimum atomic E-state index is -1.01. The lowest BCUT2D eigenvalue weighted by molar-refractivity contribution is -0.137. The van der Waals surface area contributed by atoms with Crippen molar-refractivity contribution in [3.8, 4) is 5.88 Å². The number of nitrogens with zero attached hydrogens (tertiary/aromatic N) is 2. The second kappa shape index (κ2) is 10.8. The Bertz CT molecular complexity index is 1530. The van der Waals surface area contributed by atoms with E-state index in [1.54, 1.807) is 45.2 Å². The van der Waals surface area contributed by atoms with Crippen LogP contribution < -0.4 is 10.6 Å². The van der Waals surface area contributed by atoms with Gasteiger partial charge in [0.15, 0.2) is 5.88 Å². The summed E-state index contributed by atoms with van der Waals surface area (Å²) in [7, 11) is 1.67. The van der Waals surface area contributed by atoms with E-state index in [-0.39, 0.29) is 18.2 Å². The number of carboxylic acid groups (broad SMARTS) is 1. The van der Waals surface area contributed by atoms with Crippen LogP contribution in [0.1, 0.15) is 37.0 Å². The smallest absolute Gasteiger partial charge is 0.303 e. The van der Waals surface area contributed by atoms with Crippen molar-refractivity contribution < 1.29 is 19.8 Å². The maximum absolute atomic E-state index is 12.6. The molecule has 38 heavy (non-hydrogen) atoms. The van der Waals surface area contributed by atoms with Gasteiger partial charge in [-0.05, 0) is 68.3 Å². The fourth-order valence-electron chi connectivity index (χ4n) is 4.21. The van der Waals surface area contributed by atoms with Crippen molar-refractivity contribution in [2.24, 2.45) is 10.7 Å². The number of nitrogens with one attached hydrogen (secondary N) is 1. The molecule has 9 heteroatoms. The van der Waals surface area contributed by atoms with Gasteiger partial charge in [0.05, 0.1) is 28.0 Å². The molecule has 0 radical (unpaired) electrons. The number of anilines is 1. The molecule has 3 aromatic carbocycles. The van der Waals surface area contributed by atoms with E-state index in [1.165, 1.54) is 4.90 Å². The van der Waals surface area contributed by atoms with Gasteiger partial charge >= 0.3 is 5.97 Å². The number of aliphatic imine (C=N–C) groups is 1. The molecule has 5 N–H and O–H groups in total. The Hall–Kier alpha value is -3.95. The molecule has 4 aromatic rings. The van der Waals surface area contributed by atoms with Crippen LogP contribution in [0.15, 0.2) is 76.2 Å². The van der Waals surface area contributed by atoms with Crippen molar-refractivity contribution in [1.29, 1.82) is 0 Å². The van der Waals surface area contributed by atoms with Crippen LogP contribution in [0.25, 0.3) is 10.9 Å². The zero-order valence-corrected chi connectivity index (χ0v) is 22.9. The van der Waals surface area contributed by atoms with Gasteiger partial charge in [-0.15, -0.1) is 0 Å². The maximum Gasteiger partial charge on any atom is 0.303 e. The molecule has 1 amide bonds. The standard InChI is InChI=1S/C29H29BrN4O4/c1-29(2,31)28(38)34(3)21-11-9-20(10-12-21)32-26(18-6-4-5-17(15-18)7-14-24(35)36)25-22-13-8-19(30)16-23(22)33-27(25)37/h4-6,8-13,15-16,33,37H,7,14,31H2,1-3H3,(H,35,36). The summed E-state index contributed by atoms with van der Waals surface area (Å²) in [6.45, 7) is 3.32. The number of amides is 1. The van der Waals surface area contributed by atoms with E-state index in [1.807, 2.05) is 42.5 Å². The first-order valence-corrected chi connectivity index (χ1v) is 12.8. The normalized spacial score (nSPS) is 12.1. The molecule has 0 unspecified atom stereocenters. The van der Waals surface area contributed by atoms with Gasteiger partial charge in [-0.3, -0.25) is 9.59 Å². The Morgan fingerprint density at radius 3 is 2.45 bits per heavy atom. The van der Waals surface area contributed by atoms with Gasteiger partial charge in [0.25, 0.3) is 0 Å². The quantitative estimate of drug-likeness (QED) is 0.205. The Balaban J connectivity index is 1.82. The Kier molecular flexibility index (Phi) is 7.71. The number of carbonyl (C=O) groups is 2. The topological polar surface area (TPSA) is 132 Å². The number of H-pyrrole nitrogens is 1. The SMILES string of the molecule is CN(C(=O)C(C)(C)N)c1ccc(N=C(c2cccc(CCC(=O)O)c2)c2c(O)[nH]c3cc(Br)ccc23)cc1. The van der Waals surface area contributed by atoms with E-state index in [0.717, 1.165) is 26.5 Å². The van der Waals surface area contributed by atoms with Crippen molar-refractivity contribution in [2.75, 3.05) is 11.9 Å². The van der Waals surface area contributed by atoms with Gasteiger partial charge in [0.1, 0.15) is 0 Å². The number of rotatable bonds is 8. The lowest BCUT2D eigenvalue weighted by atomic mass is 9.97. The van der Waals surface area contributed by atoms with Gasteiger partial charge in [0, 0.05) is 34.6 Å². The number of carbonyl (C=O) groups excluding carboxylic acids is 1. The summed E-state index contributed by atoms with van der Waals surface area (Å²) in [5.41, 5.74) is 9.62. The lowest BCUT2D eigenvalue weighted by Crippen LogP contribution is -2.49. The van der Waals surface area contributed by atoms with Gasteiger partial charge in [-0.2, -0.15) is 0 Å². The highest BCUT2D eigenvalue weighted by Gasteiger charge is 2.26. The molecule has 1 aromatic heterocycles. The number of benzene rings is 3. The van der Waals surface area contributed by atoms with Crippen molar-refractivity contribution in [1.82, 2.24) is 4.98 Å². The second-order valence-corrected chi connectivity index (χ2v) is 10.6. The average molecular weight is 577 g/mol. The number of carboxylic acids is 1. The molecule has 1 heterocycles. The number of hydrogen-bond acceptors (Lipinski definition) is 5. The van der Waals surface area contributed by atoms with E-state index in [9.17, 15) is 14.7 Å². The zero-order chi connectivity index (χ0) is 27.6. The summed E-state index contributed by atoms with van der Waals surface area (Å²) >= 11 is 3.47. The minimum Gasteiger partial charge on any atom is -0.494 e. The lowest BCUT2D eigenvalue weighted by Gasteiger charge is -2.25. The molecule has 196 valence electrons. The fourth-order valence-corrected chi connectivity index (χ4v) is 4.58. The highest BCUT2D eigenvalue weighted by Crippen LogP contribution is 2.33. The molecule has 0 aliphatic rings. The highest BCUT2D eigenvalue weighted by molar-refractivity contribution is 9.10. The van der Waals surface area contributed by atoms with E-state index < -0.39 is 11.5 Å². The molecule has 0 saturated carbocycles. The van der Waals surface area contributed by atoms with Crippen molar-refractivity contribution in [3.05, 3.63) is 87.9 Å². The van der Waals surface area contributed by atoms with Crippen LogP contribution in [0, 0.1) is 0 Å². The predicted octanol–water partition coefficient (Wildman–Crippen LogP) is 5.52. The third kappa shape index (κ3) is 5.95. The number of aromatic hydroxyl groups is 1. The summed E-state index contributed by atoms with van der Waals surface area (Å²) in [6.07, 6.45) is 0.380. The summed E-state index contributed by atoms with van der Waals surface area (Å²) in [6, 6.07) is 20.3. The van der Waals surface area contributed by atoms with Crippen LogP contribution in [-0.4, -0.2) is 45.4 Å². The van der Waals surface area contributed by atoms with E-state index in [0.29, 0.717) is 29.1 Å². The first kappa shape index (κ1) is 27.1. The van der Waals surface area contributed by atoms with Gasteiger partial charge < -0.3 is 25.8 Å². The number of aromatic nitrogens is 1. The number of fused-ring (bicyclic) bond motifs is 1. The number of aromatic amines is 1. The molecule has 0 aliphatic carbocycles. The van der Waals surface area contributed by atoms with E-state index >= 15 is 0 Å². The first-order chi connectivity index (χ1) is 17.9. The molecule has 4 rings (SSSR count). The Labute approximate surface area is 228 Å². The Morgan fingerprint density at radius 2 is 1.79 bits per heavy atom. The van der Waals surface area contributed by atoms with Gasteiger partial charge in [-0.25, -0.2) is 4.99 Å². The van der Waals surface area contributed by atoms with Crippen LogP contribution in [0.4, 0.5) is 11.4 Å². The van der Waals surface area contributed by atoms with Gasteiger partial charge in [0.2, 0.25) is 5.91 Å². The second-order valence-electron chi connectivity index (χ2n) is 9.70. The number of likely N-dealkylation sites (N-methyl/N-ethyl adjacent to an activating group) is 1. The first-order valence-electron chi connectivity index (χ1n) is 12.0. The molecule has 0 fully saturated rings. The van der Waals surface area contributed by atoms with Crippen LogP contribution >= 0.6 is 15.9 Å². The van der Waals surface area contributed by atoms with E-state index in [2.05, 4.69) is 20.9 Å². The number of halogens is 1. The molecule has 0 aliphatic heterocycles. The minimum absolute atomic E-state index is 0.00952. The average Bonchev–Trinajstić information content (AvgIpc) is 3.19. The number of hydrogen-bond donors (Lipinski definition) is 4. The summed E-state index contributed by atoms with van der Waals surface area (Å²) in [5.74, 6) is -1.12. The molecule has 0 bridgehead atoms. The predicted molar refractivity (Wildman–Crippen MR) is 153 cm³/mol. The van der Waals surface area contributed by atoms with Gasteiger partial charge in [-0.1, -0.05) is 40.2 Å². The number of aryl methyl sites for hydroxylation is 1. The third-order valence-corrected chi connectivity index (χ3v) is 6.63. The van der Waals surface area contributed by atoms with E-state index in [4.69, 9.17) is 15.8 Å². The number of nitrogens with two attached hydrogens (primary N) is 1. The van der Waals surface area contributed by atoms with Crippen molar-refractivity contribution in [3.63, 3.8) is 0 Å². The van der Waals surface area contributed by atoms with Crippen molar-refractivity contribution >= 4 is 55.8 Å². The molecule has 0 saturated heterocycles. The molecular weight excluding hydrogens is 548 g/mol. The summed E-state index contributed by atoms with van der Waals surface area (Å²) in [4.78, 5) is 33.1. The number of aliphatic carboxylic acids is 1. The summed E-state index contributed by atoms with van der Waals surface area (Å²) in [5, 5.41) is 20.9. The van der Waals surface area contributed by atoms with Crippen LogP contribution in [0.5, 0.6) is 5.88 Å². The molecular formula is C29H29BrN4O4. The largest absolute Gasteiger partial charge is 0.494 e. The van der Waals surface area contributed by atoms with Crippen LogP contribution in [-0.2, 0) is 16.0 Å². The molecule has 0 spiro atoms. The fraction of sp³-hybridized carbons (Fsp3) is 0.207. The van der Waals surface area contributed by atoms with Crippen LogP contribution in [0.3, 0.4) is 0 Å². The van der Waals surface area contributed by atoms with Crippen LogP contribution in [0.2, 0.25) is 0 Å². The zero-order valence-electron chi connectivity index (χ0n) is 21.3. The maximum atomic E-state index is 12.6. The van der Waals surface area contributed by atoms with Crippen molar-refractivity contribution in [2.45, 2.75) is 32.2 Å². The third-order valence-electron chi connectivity index (χ3n) is 6.14. The monoisotopic (exact) mass is 576 g/mol. The molecule has 0 atom stereocenters. The highest BCUT2D eigenvalue weighted by atomic mass is 79.9. The Morgan fingerprint density at radius 1 is 1.08 bits per heavy atom. The summed E-state index contributed by atoms with van der Waals surface area (Å²) < 4.78 is 0.863. The molecule has 8 nitrogen and oxygen atoms in total.